The maximum atomic E-state index is 12.9. The first-order chi connectivity index (χ1) is 8.27. The van der Waals surface area contributed by atoms with Gasteiger partial charge < -0.3 is 5.32 Å². The third-order valence-corrected chi connectivity index (χ3v) is 3.97. The first-order valence-electron chi connectivity index (χ1n) is 4.90. The predicted molar refractivity (Wildman–Crippen MR) is 60.2 cm³/mol. The second-order valence-electron chi connectivity index (χ2n) is 3.54. The van der Waals surface area contributed by atoms with E-state index >= 15 is 0 Å². The Bertz CT molecular complexity index is 540. The van der Waals surface area contributed by atoms with Crippen LogP contribution in [-0.2, 0) is 14.8 Å². The molecule has 18 heavy (non-hydrogen) atoms. The van der Waals surface area contributed by atoms with E-state index in [9.17, 15) is 22.0 Å². The first kappa shape index (κ1) is 14.5. The van der Waals surface area contributed by atoms with Gasteiger partial charge in [0, 0.05) is 20.2 Å². The molecule has 0 aliphatic carbocycles. The van der Waals surface area contributed by atoms with Crippen molar-refractivity contribution in [3.63, 3.8) is 0 Å². The van der Waals surface area contributed by atoms with Crippen LogP contribution in [-0.4, -0.2) is 39.3 Å². The number of halogens is 2. The van der Waals surface area contributed by atoms with Crippen LogP contribution in [0.15, 0.2) is 23.1 Å². The Hall–Kier alpha value is -1.54. The van der Waals surface area contributed by atoms with Crippen molar-refractivity contribution in [3.05, 3.63) is 29.8 Å². The number of hydrogen-bond donors (Lipinski definition) is 1. The van der Waals surface area contributed by atoms with E-state index in [1.54, 1.807) is 0 Å². The van der Waals surface area contributed by atoms with Crippen molar-refractivity contribution in [1.29, 1.82) is 0 Å². The molecule has 0 atom stereocenters. The number of benzene rings is 1. The number of rotatable bonds is 4. The number of carbonyl (C=O) groups excluding carboxylic acids is 1. The zero-order valence-corrected chi connectivity index (χ0v) is 10.6. The van der Waals surface area contributed by atoms with Gasteiger partial charge in [0.15, 0.2) is 0 Å². The summed E-state index contributed by atoms with van der Waals surface area (Å²) in [7, 11) is -1.60. The van der Waals surface area contributed by atoms with Gasteiger partial charge in [-0.3, -0.25) is 4.79 Å². The Balaban J connectivity index is 3.09. The SMILES string of the molecule is CNC(=O)CN(C)S(=O)(=O)c1cc(F)cc(F)c1. The minimum atomic E-state index is -4.10. The summed E-state index contributed by atoms with van der Waals surface area (Å²) < 4.78 is 50.4. The topological polar surface area (TPSA) is 66.5 Å². The van der Waals surface area contributed by atoms with Gasteiger partial charge in [0.2, 0.25) is 15.9 Å². The fraction of sp³-hybridized carbons (Fsp3) is 0.300. The van der Waals surface area contributed by atoms with Gasteiger partial charge in [-0.1, -0.05) is 0 Å². The van der Waals surface area contributed by atoms with Gasteiger partial charge in [-0.25, -0.2) is 17.2 Å². The number of sulfonamides is 1. The van der Waals surface area contributed by atoms with Crippen molar-refractivity contribution in [3.8, 4) is 0 Å². The van der Waals surface area contributed by atoms with Crippen molar-refractivity contribution in [1.82, 2.24) is 9.62 Å². The van der Waals surface area contributed by atoms with Crippen molar-refractivity contribution in [2.24, 2.45) is 0 Å². The average molecular weight is 278 g/mol. The predicted octanol–water partition coefficient (Wildman–Crippen LogP) is 0.331. The van der Waals surface area contributed by atoms with Gasteiger partial charge in [0.1, 0.15) is 11.6 Å². The lowest BCUT2D eigenvalue weighted by Gasteiger charge is -2.16. The zero-order valence-electron chi connectivity index (χ0n) is 9.78. The Kier molecular flexibility index (Phi) is 4.36. The summed E-state index contributed by atoms with van der Waals surface area (Å²) >= 11 is 0. The fourth-order valence-corrected chi connectivity index (χ4v) is 2.39. The van der Waals surface area contributed by atoms with E-state index in [4.69, 9.17) is 0 Å². The zero-order chi connectivity index (χ0) is 13.9. The van der Waals surface area contributed by atoms with Gasteiger partial charge in [0.25, 0.3) is 0 Å². The molecule has 0 aromatic heterocycles. The molecule has 100 valence electrons. The van der Waals surface area contributed by atoms with E-state index in [-0.39, 0.29) is 0 Å². The van der Waals surface area contributed by atoms with Gasteiger partial charge in [-0.15, -0.1) is 0 Å². The van der Waals surface area contributed by atoms with Crippen LogP contribution in [0.3, 0.4) is 0 Å². The van der Waals surface area contributed by atoms with E-state index in [0.29, 0.717) is 22.5 Å². The molecule has 0 bridgehead atoms. The molecule has 0 fully saturated rings. The molecular weight excluding hydrogens is 266 g/mol. The molecule has 0 aliphatic rings. The van der Waals surface area contributed by atoms with Gasteiger partial charge in [-0.05, 0) is 12.1 Å². The largest absolute Gasteiger partial charge is 0.358 e. The third-order valence-electron chi connectivity index (χ3n) is 2.19. The smallest absolute Gasteiger partial charge is 0.243 e. The summed E-state index contributed by atoms with van der Waals surface area (Å²) in [5.41, 5.74) is 0. The van der Waals surface area contributed by atoms with Crippen LogP contribution in [0, 0.1) is 11.6 Å². The Labute approximate surface area is 103 Å². The molecule has 0 spiro atoms. The summed E-state index contributed by atoms with van der Waals surface area (Å²) in [6.07, 6.45) is 0. The molecule has 1 aromatic rings. The van der Waals surface area contributed by atoms with Crippen molar-refractivity contribution in [2.45, 2.75) is 4.90 Å². The normalized spacial score (nSPS) is 11.6. The number of nitrogens with zero attached hydrogens (tertiary/aromatic N) is 1. The first-order valence-corrected chi connectivity index (χ1v) is 6.34. The van der Waals surface area contributed by atoms with Crippen molar-refractivity contribution < 1.29 is 22.0 Å². The van der Waals surface area contributed by atoms with E-state index in [1.165, 1.54) is 7.05 Å². The van der Waals surface area contributed by atoms with Crippen LogP contribution in [0.25, 0.3) is 0 Å². The Morgan fingerprint density at radius 3 is 2.22 bits per heavy atom. The van der Waals surface area contributed by atoms with Gasteiger partial charge in [0.05, 0.1) is 11.4 Å². The second kappa shape index (κ2) is 5.40. The second-order valence-corrected chi connectivity index (χ2v) is 5.58. The maximum absolute atomic E-state index is 12.9. The molecule has 5 nitrogen and oxygen atoms in total. The molecular formula is C10H12F2N2O3S. The standard InChI is InChI=1S/C10H12F2N2O3S/c1-13-10(15)6-14(2)18(16,17)9-4-7(11)3-8(12)5-9/h3-5H,6H2,1-2H3,(H,13,15). The molecule has 0 saturated heterocycles. The highest BCUT2D eigenvalue weighted by atomic mass is 32.2. The summed E-state index contributed by atoms with van der Waals surface area (Å²) in [6.45, 7) is -0.434. The molecule has 1 rings (SSSR count). The van der Waals surface area contributed by atoms with E-state index in [0.717, 1.165) is 7.05 Å². The summed E-state index contributed by atoms with van der Waals surface area (Å²) in [5.74, 6) is -2.53. The van der Waals surface area contributed by atoms with Crippen LogP contribution in [0.2, 0.25) is 0 Å². The van der Waals surface area contributed by atoms with Crippen LogP contribution in [0.4, 0.5) is 8.78 Å². The van der Waals surface area contributed by atoms with Crippen molar-refractivity contribution in [2.75, 3.05) is 20.6 Å². The highest BCUT2D eigenvalue weighted by molar-refractivity contribution is 7.89. The van der Waals surface area contributed by atoms with Crippen LogP contribution in [0.5, 0.6) is 0 Å². The average Bonchev–Trinajstić information content (AvgIpc) is 2.27. The monoisotopic (exact) mass is 278 g/mol. The molecule has 0 aliphatic heterocycles. The summed E-state index contributed by atoms with van der Waals surface area (Å²) in [4.78, 5) is 10.5. The lowest BCUT2D eigenvalue weighted by atomic mass is 10.3. The molecule has 0 saturated carbocycles. The molecule has 0 unspecified atom stereocenters. The number of likely N-dealkylation sites (N-methyl/N-ethyl adjacent to an activating group) is 2. The molecule has 1 aromatic carbocycles. The molecule has 1 amide bonds. The quantitative estimate of drug-likeness (QED) is 0.863. The van der Waals surface area contributed by atoms with E-state index < -0.39 is 39.0 Å². The number of nitrogens with one attached hydrogen (secondary N) is 1. The number of carbonyl (C=O) groups is 1. The highest BCUT2D eigenvalue weighted by Gasteiger charge is 2.23. The lowest BCUT2D eigenvalue weighted by Crippen LogP contribution is -2.36. The molecule has 1 N–H and O–H groups in total. The fourth-order valence-electron chi connectivity index (χ4n) is 1.22. The molecule has 8 heteroatoms. The van der Waals surface area contributed by atoms with Gasteiger partial charge >= 0.3 is 0 Å². The van der Waals surface area contributed by atoms with Crippen LogP contribution in [0.1, 0.15) is 0 Å². The minimum absolute atomic E-state index is 0.434. The van der Waals surface area contributed by atoms with Gasteiger partial charge in [-0.2, -0.15) is 4.31 Å². The number of amides is 1. The van der Waals surface area contributed by atoms with Crippen molar-refractivity contribution >= 4 is 15.9 Å². The Morgan fingerprint density at radius 1 is 1.28 bits per heavy atom. The Morgan fingerprint density at radius 2 is 1.78 bits per heavy atom. The number of hydrogen-bond acceptors (Lipinski definition) is 3. The lowest BCUT2D eigenvalue weighted by molar-refractivity contribution is -0.120. The third kappa shape index (κ3) is 3.23. The maximum Gasteiger partial charge on any atom is 0.243 e. The highest BCUT2D eigenvalue weighted by Crippen LogP contribution is 2.17. The summed E-state index contributed by atoms with van der Waals surface area (Å²) in [5, 5.41) is 2.25. The van der Waals surface area contributed by atoms with Crippen LogP contribution >= 0.6 is 0 Å². The summed E-state index contributed by atoms with van der Waals surface area (Å²) in [6, 6.07) is 1.95. The molecule has 0 heterocycles. The minimum Gasteiger partial charge on any atom is -0.358 e. The van der Waals surface area contributed by atoms with E-state index in [2.05, 4.69) is 5.32 Å². The molecule has 0 radical (unpaired) electrons. The van der Waals surface area contributed by atoms with E-state index in [1.807, 2.05) is 0 Å². The van der Waals surface area contributed by atoms with Crippen LogP contribution < -0.4 is 5.32 Å².